The molecular formula is C15H22N4O2. The van der Waals surface area contributed by atoms with Gasteiger partial charge in [-0.2, -0.15) is 0 Å². The highest BCUT2D eigenvalue weighted by Crippen LogP contribution is 2.35. The summed E-state index contributed by atoms with van der Waals surface area (Å²) in [5, 5.41) is 3.01. The molecular weight excluding hydrogens is 268 g/mol. The lowest BCUT2D eigenvalue weighted by Gasteiger charge is -2.44. The summed E-state index contributed by atoms with van der Waals surface area (Å²) in [7, 11) is 1.91. The molecule has 0 aromatic carbocycles. The summed E-state index contributed by atoms with van der Waals surface area (Å²) in [6.45, 7) is 2.34. The number of hydrogen-bond acceptors (Lipinski definition) is 3. The minimum atomic E-state index is -0.659. The highest BCUT2D eigenvalue weighted by molar-refractivity contribution is 6.00. The van der Waals surface area contributed by atoms with E-state index in [0.29, 0.717) is 13.0 Å². The second-order valence-corrected chi connectivity index (χ2v) is 6.09. The molecule has 1 spiro atoms. The van der Waals surface area contributed by atoms with Crippen molar-refractivity contribution in [3.8, 4) is 0 Å². The number of carbonyl (C=O) groups excluding carboxylic acids is 2. The molecule has 1 unspecified atom stereocenters. The second kappa shape index (κ2) is 5.16. The molecule has 21 heavy (non-hydrogen) atoms. The molecule has 2 fully saturated rings. The molecule has 1 aromatic rings. The fourth-order valence-corrected chi connectivity index (χ4v) is 3.54. The van der Waals surface area contributed by atoms with Gasteiger partial charge in [0, 0.05) is 19.4 Å². The quantitative estimate of drug-likeness (QED) is 0.902. The zero-order valence-electron chi connectivity index (χ0n) is 12.6. The Morgan fingerprint density at radius 3 is 2.67 bits per heavy atom. The van der Waals surface area contributed by atoms with E-state index in [1.807, 2.05) is 24.7 Å². The zero-order chi connectivity index (χ0) is 15.0. The first-order chi connectivity index (χ1) is 10.1. The van der Waals surface area contributed by atoms with Gasteiger partial charge < -0.3 is 14.8 Å². The standard InChI is InChI=1S/C15H22N4O2/c1-3-11-13(20)17-15(6-4-5-7-15)14(21)19(11)10-12-16-8-9-18(12)2/h8-9,11H,3-7,10H2,1-2H3,(H,17,20). The number of hydrogen-bond donors (Lipinski definition) is 1. The second-order valence-electron chi connectivity index (χ2n) is 6.09. The Morgan fingerprint density at radius 1 is 1.38 bits per heavy atom. The summed E-state index contributed by atoms with van der Waals surface area (Å²) in [6.07, 6.45) is 7.71. The maximum Gasteiger partial charge on any atom is 0.249 e. The average molecular weight is 290 g/mol. The molecule has 1 N–H and O–H groups in total. The molecule has 6 heteroatoms. The summed E-state index contributed by atoms with van der Waals surface area (Å²) < 4.78 is 1.90. The number of piperazine rings is 1. The fraction of sp³-hybridized carbons (Fsp3) is 0.667. The predicted octanol–water partition coefficient (Wildman–Crippen LogP) is 0.970. The highest BCUT2D eigenvalue weighted by atomic mass is 16.2. The molecule has 1 aliphatic carbocycles. The van der Waals surface area contributed by atoms with Crippen LogP contribution in [0.2, 0.25) is 0 Å². The molecule has 114 valence electrons. The van der Waals surface area contributed by atoms with Gasteiger partial charge in [0.05, 0.1) is 6.54 Å². The van der Waals surface area contributed by atoms with Gasteiger partial charge in [-0.05, 0) is 19.3 Å². The Labute approximate surface area is 124 Å². The SMILES string of the molecule is CCC1C(=O)NC2(CCCC2)C(=O)N1Cc1nccn1C. The molecule has 1 saturated heterocycles. The molecule has 3 rings (SSSR count). The lowest BCUT2D eigenvalue weighted by atomic mass is 9.90. The average Bonchev–Trinajstić information content (AvgIpc) is 3.07. The van der Waals surface area contributed by atoms with E-state index < -0.39 is 5.54 Å². The lowest BCUT2D eigenvalue weighted by Crippen LogP contribution is -2.69. The summed E-state index contributed by atoms with van der Waals surface area (Å²) in [6, 6.07) is -0.388. The minimum absolute atomic E-state index is 0.0202. The first-order valence-corrected chi connectivity index (χ1v) is 7.67. The maximum absolute atomic E-state index is 13.0. The Kier molecular flexibility index (Phi) is 3.47. The van der Waals surface area contributed by atoms with E-state index in [1.165, 1.54) is 0 Å². The van der Waals surface area contributed by atoms with Crippen LogP contribution in [0.3, 0.4) is 0 Å². The molecule has 2 heterocycles. The summed E-state index contributed by atoms with van der Waals surface area (Å²) in [4.78, 5) is 31.4. The van der Waals surface area contributed by atoms with Gasteiger partial charge in [0.15, 0.2) is 0 Å². The predicted molar refractivity (Wildman–Crippen MR) is 77.2 cm³/mol. The van der Waals surface area contributed by atoms with Gasteiger partial charge in [-0.3, -0.25) is 9.59 Å². The fourth-order valence-electron chi connectivity index (χ4n) is 3.54. The Bertz CT molecular complexity index is 560. The van der Waals surface area contributed by atoms with Crippen molar-refractivity contribution in [3.63, 3.8) is 0 Å². The maximum atomic E-state index is 13.0. The normalized spacial score (nSPS) is 24.7. The zero-order valence-corrected chi connectivity index (χ0v) is 12.6. The summed E-state index contributed by atoms with van der Waals surface area (Å²) in [5.74, 6) is 0.854. The van der Waals surface area contributed by atoms with Gasteiger partial charge in [-0.1, -0.05) is 19.8 Å². The van der Waals surface area contributed by atoms with E-state index in [1.54, 1.807) is 11.1 Å². The third-order valence-corrected chi connectivity index (χ3v) is 4.79. The number of aryl methyl sites for hydroxylation is 1. The van der Waals surface area contributed by atoms with Gasteiger partial charge >= 0.3 is 0 Å². The molecule has 0 bridgehead atoms. The Morgan fingerprint density at radius 2 is 2.10 bits per heavy atom. The van der Waals surface area contributed by atoms with Gasteiger partial charge in [0.2, 0.25) is 11.8 Å². The van der Waals surface area contributed by atoms with E-state index in [9.17, 15) is 9.59 Å². The van der Waals surface area contributed by atoms with E-state index in [4.69, 9.17) is 0 Å². The third-order valence-electron chi connectivity index (χ3n) is 4.79. The van der Waals surface area contributed by atoms with Gasteiger partial charge in [-0.15, -0.1) is 0 Å². The van der Waals surface area contributed by atoms with Crippen LogP contribution in [0, 0.1) is 0 Å². The molecule has 1 aliphatic heterocycles. The number of aromatic nitrogens is 2. The molecule has 0 radical (unpaired) electrons. The lowest BCUT2D eigenvalue weighted by molar-refractivity contribution is -0.155. The van der Waals surface area contributed by atoms with Crippen molar-refractivity contribution in [1.29, 1.82) is 0 Å². The number of imidazole rings is 1. The molecule has 2 amide bonds. The van der Waals surface area contributed by atoms with Crippen LogP contribution in [-0.2, 0) is 23.2 Å². The van der Waals surface area contributed by atoms with Crippen molar-refractivity contribution in [1.82, 2.24) is 19.8 Å². The molecule has 1 atom stereocenters. The van der Waals surface area contributed by atoms with Crippen molar-refractivity contribution in [2.24, 2.45) is 7.05 Å². The van der Waals surface area contributed by atoms with E-state index in [0.717, 1.165) is 31.5 Å². The molecule has 2 aliphatic rings. The summed E-state index contributed by atoms with van der Waals surface area (Å²) in [5.41, 5.74) is -0.659. The summed E-state index contributed by atoms with van der Waals surface area (Å²) >= 11 is 0. The third kappa shape index (κ3) is 2.22. The number of nitrogens with one attached hydrogen (secondary N) is 1. The van der Waals surface area contributed by atoms with Crippen molar-refractivity contribution in [2.75, 3.05) is 0 Å². The monoisotopic (exact) mass is 290 g/mol. The van der Waals surface area contributed by atoms with E-state index in [-0.39, 0.29) is 17.9 Å². The Hall–Kier alpha value is -1.85. The molecule has 6 nitrogen and oxygen atoms in total. The largest absolute Gasteiger partial charge is 0.340 e. The highest BCUT2D eigenvalue weighted by Gasteiger charge is 2.51. The Balaban J connectivity index is 1.91. The van der Waals surface area contributed by atoms with Crippen LogP contribution in [-0.4, -0.2) is 37.8 Å². The number of nitrogens with zero attached hydrogens (tertiary/aromatic N) is 3. The van der Waals surface area contributed by atoms with Gasteiger partial charge in [-0.25, -0.2) is 4.98 Å². The molecule has 1 aromatic heterocycles. The van der Waals surface area contributed by atoms with Crippen LogP contribution in [0.25, 0.3) is 0 Å². The van der Waals surface area contributed by atoms with Crippen LogP contribution >= 0.6 is 0 Å². The number of rotatable bonds is 3. The first-order valence-electron chi connectivity index (χ1n) is 7.67. The van der Waals surface area contributed by atoms with Gasteiger partial charge in [0.25, 0.3) is 0 Å². The number of amides is 2. The van der Waals surface area contributed by atoms with Crippen LogP contribution in [0.1, 0.15) is 44.9 Å². The van der Waals surface area contributed by atoms with Gasteiger partial charge in [0.1, 0.15) is 17.4 Å². The van der Waals surface area contributed by atoms with E-state index >= 15 is 0 Å². The van der Waals surface area contributed by atoms with Crippen LogP contribution < -0.4 is 5.32 Å². The van der Waals surface area contributed by atoms with Crippen molar-refractivity contribution >= 4 is 11.8 Å². The van der Waals surface area contributed by atoms with Crippen LogP contribution in [0.5, 0.6) is 0 Å². The topological polar surface area (TPSA) is 67.2 Å². The minimum Gasteiger partial charge on any atom is -0.340 e. The smallest absolute Gasteiger partial charge is 0.249 e. The van der Waals surface area contributed by atoms with Crippen LogP contribution in [0.15, 0.2) is 12.4 Å². The van der Waals surface area contributed by atoms with Crippen molar-refractivity contribution in [2.45, 2.75) is 57.2 Å². The molecule has 1 saturated carbocycles. The van der Waals surface area contributed by atoms with Crippen molar-refractivity contribution < 1.29 is 9.59 Å². The van der Waals surface area contributed by atoms with Crippen LogP contribution in [0.4, 0.5) is 0 Å². The number of carbonyl (C=O) groups is 2. The van der Waals surface area contributed by atoms with Crippen molar-refractivity contribution in [3.05, 3.63) is 18.2 Å². The van der Waals surface area contributed by atoms with E-state index in [2.05, 4.69) is 10.3 Å². The first kappa shape index (κ1) is 14.1.